The maximum Gasteiger partial charge on any atom is 0.243 e. The summed E-state index contributed by atoms with van der Waals surface area (Å²) in [5.41, 5.74) is 0. The smallest absolute Gasteiger partial charge is 0.243 e. The van der Waals surface area contributed by atoms with Crippen LogP contribution in [0.25, 0.3) is 0 Å². The molecule has 29 heavy (non-hydrogen) atoms. The van der Waals surface area contributed by atoms with Crippen molar-refractivity contribution in [3.8, 4) is 5.75 Å². The Hall–Kier alpha value is -0.900. The number of hydrogen-bond acceptors (Lipinski definition) is 6. The highest BCUT2D eigenvalue weighted by Gasteiger charge is 2.27. The molecular weight excluding hydrogens is 416 g/mol. The number of benzene rings is 1. The van der Waals surface area contributed by atoms with Crippen LogP contribution in [0.5, 0.6) is 5.75 Å². The number of hydrogen-bond donors (Lipinski definition) is 1. The van der Waals surface area contributed by atoms with Gasteiger partial charge in [-0.25, -0.2) is 8.42 Å². The average Bonchev–Trinajstić information content (AvgIpc) is 2.74. The average molecular weight is 447 g/mol. The topological polar surface area (TPSA) is 79.3 Å². The van der Waals surface area contributed by atoms with E-state index in [-0.39, 0.29) is 16.5 Å². The van der Waals surface area contributed by atoms with Crippen LogP contribution in [0.2, 0.25) is 5.02 Å². The molecule has 0 spiro atoms. The Morgan fingerprint density at radius 3 is 2.62 bits per heavy atom. The molecule has 7 nitrogen and oxygen atoms in total. The van der Waals surface area contributed by atoms with Crippen LogP contribution in [0.1, 0.15) is 32.1 Å². The molecule has 1 heterocycles. The zero-order chi connectivity index (χ0) is 20.9. The molecule has 9 heteroatoms. The van der Waals surface area contributed by atoms with Gasteiger partial charge in [-0.3, -0.25) is 0 Å². The highest BCUT2D eigenvalue weighted by atomic mass is 35.5. The van der Waals surface area contributed by atoms with E-state index in [1.165, 1.54) is 48.5 Å². The number of aliphatic hydroxyl groups is 1. The van der Waals surface area contributed by atoms with Crippen LogP contribution in [-0.2, 0) is 14.8 Å². The van der Waals surface area contributed by atoms with Gasteiger partial charge in [0.2, 0.25) is 10.0 Å². The van der Waals surface area contributed by atoms with Gasteiger partial charge in [0.25, 0.3) is 0 Å². The van der Waals surface area contributed by atoms with Crippen molar-refractivity contribution in [1.29, 1.82) is 0 Å². The quantitative estimate of drug-likeness (QED) is 0.660. The minimum absolute atomic E-state index is 0.104. The second kappa shape index (κ2) is 10.4. The highest BCUT2D eigenvalue weighted by molar-refractivity contribution is 7.89. The van der Waals surface area contributed by atoms with Crippen LogP contribution in [0.4, 0.5) is 0 Å². The van der Waals surface area contributed by atoms with Gasteiger partial charge in [0.05, 0.1) is 23.1 Å². The van der Waals surface area contributed by atoms with Gasteiger partial charge in [-0.05, 0) is 38.1 Å². The first-order valence-electron chi connectivity index (χ1n) is 10.3. The van der Waals surface area contributed by atoms with Gasteiger partial charge >= 0.3 is 0 Å². The van der Waals surface area contributed by atoms with Crippen molar-refractivity contribution in [2.24, 2.45) is 0 Å². The number of aliphatic hydroxyl groups excluding tert-OH is 1. The largest absolute Gasteiger partial charge is 0.489 e. The molecule has 1 saturated carbocycles. The van der Waals surface area contributed by atoms with Crippen LogP contribution < -0.4 is 4.74 Å². The molecule has 2 aliphatic rings. The van der Waals surface area contributed by atoms with Gasteiger partial charge in [-0.2, -0.15) is 4.31 Å². The summed E-state index contributed by atoms with van der Waals surface area (Å²) >= 11 is 6.26. The van der Waals surface area contributed by atoms with Crippen LogP contribution >= 0.6 is 11.6 Å². The molecule has 0 radical (unpaired) electrons. The Morgan fingerprint density at radius 2 is 1.97 bits per heavy atom. The highest BCUT2D eigenvalue weighted by Crippen LogP contribution is 2.29. The third kappa shape index (κ3) is 6.06. The molecule has 1 aliphatic heterocycles. The molecule has 1 aromatic rings. The molecule has 1 N–H and O–H groups in total. The van der Waals surface area contributed by atoms with E-state index in [2.05, 4.69) is 4.90 Å². The lowest BCUT2D eigenvalue weighted by molar-refractivity contribution is 0.0561. The summed E-state index contributed by atoms with van der Waals surface area (Å²) in [6.07, 6.45) is 5.50. The number of rotatable bonds is 8. The molecule has 0 bridgehead atoms. The van der Waals surface area contributed by atoms with E-state index < -0.39 is 16.1 Å². The van der Waals surface area contributed by atoms with Crippen molar-refractivity contribution in [1.82, 2.24) is 9.21 Å². The minimum Gasteiger partial charge on any atom is -0.489 e. The number of ether oxygens (including phenoxy) is 2. The van der Waals surface area contributed by atoms with E-state index in [1.807, 2.05) is 7.05 Å². The summed E-state index contributed by atoms with van der Waals surface area (Å²) in [7, 11) is -1.56. The van der Waals surface area contributed by atoms with Crippen LogP contribution in [0, 0.1) is 0 Å². The Labute approximate surface area is 178 Å². The zero-order valence-corrected chi connectivity index (χ0v) is 18.5. The van der Waals surface area contributed by atoms with Crippen LogP contribution in [0.3, 0.4) is 0 Å². The summed E-state index contributed by atoms with van der Waals surface area (Å²) in [4.78, 5) is 2.33. The summed E-state index contributed by atoms with van der Waals surface area (Å²) in [6, 6.07) is 4.97. The number of morpholine rings is 1. The fourth-order valence-electron chi connectivity index (χ4n) is 3.94. The lowest BCUT2D eigenvalue weighted by Gasteiger charge is -2.32. The van der Waals surface area contributed by atoms with Gasteiger partial charge < -0.3 is 19.5 Å². The normalized spacial score (nSPS) is 20.7. The molecule has 0 amide bonds. The van der Waals surface area contributed by atoms with Crippen molar-refractivity contribution in [2.75, 3.05) is 46.5 Å². The molecule has 1 aromatic carbocycles. The van der Waals surface area contributed by atoms with E-state index in [4.69, 9.17) is 21.1 Å². The molecule has 0 unspecified atom stereocenters. The molecular formula is C20H31ClN2O5S. The first kappa shape index (κ1) is 22.8. The van der Waals surface area contributed by atoms with Crippen LogP contribution in [-0.4, -0.2) is 81.4 Å². The molecule has 164 valence electrons. The van der Waals surface area contributed by atoms with E-state index in [0.717, 1.165) is 0 Å². The fourth-order valence-corrected chi connectivity index (χ4v) is 5.67. The third-order valence-electron chi connectivity index (χ3n) is 5.64. The molecule has 3 rings (SSSR count). The summed E-state index contributed by atoms with van der Waals surface area (Å²) in [6.45, 7) is 2.08. The van der Waals surface area contributed by atoms with Gasteiger partial charge in [0.1, 0.15) is 18.5 Å². The third-order valence-corrected chi connectivity index (χ3v) is 7.83. The Kier molecular flexibility index (Phi) is 8.18. The monoisotopic (exact) mass is 446 g/mol. The Morgan fingerprint density at radius 1 is 1.28 bits per heavy atom. The van der Waals surface area contributed by atoms with Crippen molar-refractivity contribution in [3.05, 3.63) is 23.2 Å². The van der Waals surface area contributed by atoms with Crippen molar-refractivity contribution in [2.45, 2.75) is 49.1 Å². The number of halogens is 1. The lowest BCUT2D eigenvalue weighted by Crippen LogP contribution is -2.40. The first-order valence-corrected chi connectivity index (χ1v) is 12.1. The second-order valence-electron chi connectivity index (χ2n) is 7.80. The zero-order valence-electron chi connectivity index (χ0n) is 16.9. The predicted octanol–water partition coefficient (Wildman–Crippen LogP) is 2.37. The summed E-state index contributed by atoms with van der Waals surface area (Å²) in [5.74, 6) is 0.368. The SMILES string of the molecule is CN(C[C@H](O)COc1ccc(S(=O)(=O)N2CCOCC2)cc1Cl)C1CCCCC1. The van der Waals surface area contributed by atoms with Crippen molar-refractivity contribution >= 4 is 21.6 Å². The number of likely N-dealkylation sites (N-methyl/N-ethyl adjacent to an activating group) is 1. The maximum atomic E-state index is 12.7. The molecule has 1 aliphatic carbocycles. The van der Waals surface area contributed by atoms with Gasteiger partial charge in [0.15, 0.2) is 0 Å². The van der Waals surface area contributed by atoms with Crippen LogP contribution in [0.15, 0.2) is 23.1 Å². The second-order valence-corrected chi connectivity index (χ2v) is 10.2. The first-order chi connectivity index (χ1) is 13.9. The van der Waals surface area contributed by atoms with Crippen molar-refractivity contribution in [3.63, 3.8) is 0 Å². The van der Waals surface area contributed by atoms with Gasteiger partial charge in [0, 0.05) is 25.7 Å². The minimum atomic E-state index is -3.60. The van der Waals surface area contributed by atoms with E-state index in [1.54, 1.807) is 6.07 Å². The maximum absolute atomic E-state index is 12.7. The van der Waals surface area contributed by atoms with E-state index >= 15 is 0 Å². The molecule has 0 aromatic heterocycles. The summed E-state index contributed by atoms with van der Waals surface area (Å²) < 4.78 is 37.7. The van der Waals surface area contributed by atoms with Crippen molar-refractivity contribution < 1.29 is 23.0 Å². The van der Waals surface area contributed by atoms with E-state index in [0.29, 0.717) is 44.6 Å². The number of nitrogens with zero attached hydrogens (tertiary/aromatic N) is 2. The number of sulfonamides is 1. The molecule has 1 atom stereocenters. The Bertz CT molecular complexity index is 764. The standard InChI is InChI=1S/C20H31ClN2O5S/c1-22(16-5-3-2-4-6-16)14-17(24)15-28-20-8-7-18(13-19(20)21)29(25,26)23-9-11-27-12-10-23/h7-8,13,16-17,24H,2-6,9-12,14-15H2,1H3/t17-/m0/s1. The molecule has 2 fully saturated rings. The molecule has 1 saturated heterocycles. The van der Waals surface area contributed by atoms with E-state index in [9.17, 15) is 13.5 Å². The lowest BCUT2D eigenvalue weighted by atomic mass is 9.94. The van der Waals surface area contributed by atoms with Gasteiger partial charge in [-0.15, -0.1) is 0 Å². The fraction of sp³-hybridized carbons (Fsp3) is 0.700. The summed E-state index contributed by atoms with van der Waals surface area (Å²) in [5, 5.41) is 10.5. The predicted molar refractivity (Wildman–Crippen MR) is 112 cm³/mol. The van der Waals surface area contributed by atoms with Gasteiger partial charge in [-0.1, -0.05) is 30.9 Å². The Balaban J connectivity index is 1.54.